The van der Waals surface area contributed by atoms with E-state index in [9.17, 15) is 4.79 Å². The van der Waals surface area contributed by atoms with Crippen LogP contribution in [0.5, 0.6) is 5.75 Å². The molecule has 1 heterocycles. The highest BCUT2D eigenvalue weighted by Gasteiger charge is 2.21. The van der Waals surface area contributed by atoms with E-state index in [0.29, 0.717) is 33.7 Å². The molecule has 1 aromatic heterocycles. The van der Waals surface area contributed by atoms with E-state index in [-0.39, 0.29) is 10.3 Å². The predicted molar refractivity (Wildman–Crippen MR) is 103 cm³/mol. The number of hydrogen-bond acceptors (Lipinski definition) is 5. The zero-order valence-electron chi connectivity index (χ0n) is 14.3. The average Bonchev–Trinajstić information content (AvgIpc) is 2.49. The minimum atomic E-state index is -0.445. The van der Waals surface area contributed by atoms with Crippen LogP contribution in [-0.4, -0.2) is 27.7 Å². The predicted octanol–water partition coefficient (Wildman–Crippen LogP) is 4.19. The maximum absolute atomic E-state index is 12.6. The molecule has 0 fully saturated rings. The third kappa shape index (κ3) is 4.48. The van der Waals surface area contributed by atoms with Crippen molar-refractivity contribution in [1.29, 1.82) is 0 Å². The quantitative estimate of drug-likeness (QED) is 0.616. The monoisotopic (exact) mass is 400 g/mol. The van der Waals surface area contributed by atoms with Gasteiger partial charge in [0.2, 0.25) is 4.77 Å². The first-order chi connectivity index (χ1) is 11.6. The molecule has 1 aromatic carbocycles. The second-order valence-corrected chi connectivity index (χ2v) is 7.44. The lowest BCUT2D eigenvalue weighted by atomic mass is 9.93. The van der Waals surface area contributed by atoms with E-state index < -0.39 is 5.41 Å². The van der Waals surface area contributed by atoms with Crippen LogP contribution in [0.3, 0.4) is 0 Å². The number of H-pyrrole nitrogens is 1. The normalized spacial score (nSPS) is 11.9. The molecular formula is C16H18Cl2N4O2S. The summed E-state index contributed by atoms with van der Waals surface area (Å²) in [6, 6.07) is 3.29. The molecule has 6 nitrogen and oxygen atoms in total. The Bertz CT molecular complexity index is 906. The van der Waals surface area contributed by atoms with Gasteiger partial charge in [0, 0.05) is 5.41 Å². The van der Waals surface area contributed by atoms with Crippen molar-refractivity contribution >= 4 is 41.6 Å². The summed E-state index contributed by atoms with van der Waals surface area (Å²) < 4.78 is 6.56. The summed E-state index contributed by atoms with van der Waals surface area (Å²) >= 11 is 17.4. The van der Waals surface area contributed by atoms with Crippen LogP contribution in [0.25, 0.3) is 0 Å². The Morgan fingerprint density at radius 3 is 2.48 bits per heavy atom. The Kier molecular flexibility index (Phi) is 6.03. The molecule has 0 atom stereocenters. The SMILES string of the molecule is CCOc1c(Cl)cc(/C=N\n2c(=S)[nH]nc(C(C)(C)C)c2=O)cc1Cl. The minimum absolute atomic E-state index is 0.0948. The van der Waals surface area contributed by atoms with Crippen LogP contribution in [0.15, 0.2) is 22.0 Å². The molecule has 0 spiro atoms. The minimum Gasteiger partial charge on any atom is -0.491 e. The van der Waals surface area contributed by atoms with Crippen LogP contribution in [0, 0.1) is 4.77 Å². The topological polar surface area (TPSA) is 72.3 Å². The molecule has 0 aliphatic rings. The number of aromatic amines is 1. The van der Waals surface area contributed by atoms with Crippen LogP contribution in [0.1, 0.15) is 39.0 Å². The van der Waals surface area contributed by atoms with Gasteiger partial charge in [-0.1, -0.05) is 44.0 Å². The third-order valence-electron chi connectivity index (χ3n) is 3.19. The number of aromatic nitrogens is 3. The Morgan fingerprint density at radius 2 is 1.96 bits per heavy atom. The maximum Gasteiger partial charge on any atom is 0.297 e. The molecular weight excluding hydrogens is 383 g/mol. The molecule has 2 aromatic rings. The van der Waals surface area contributed by atoms with Crippen LogP contribution in [0.2, 0.25) is 10.0 Å². The molecule has 0 aliphatic heterocycles. The molecule has 25 heavy (non-hydrogen) atoms. The van der Waals surface area contributed by atoms with Gasteiger partial charge < -0.3 is 4.74 Å². The largest absolute Gasteiger partial charge is 0.491 e. The Hall–Kier alpha value is -1.70. The summed E-state index contributed by atoms with van der Waals surface area (Å²) in [5.74, 6) is 0.413. The van der Waals surface area contributed by atoms with Crippen molar-refractivity contribution in [3.8, 4) is 5.75 Å². The Morgan fingerprint density at radius 1 is 1.36 bits per heavy atom. The van der Waals surface area contributed by atoms with E-state index in [0.717, 1.165) is 4.68 Å². The van der Waals surface area contributed by atoms with Crippen LogP contribution < -0.4 is 10.3 Å². The highest BCUT2D eigenvalue weighted by molar-refractivity contribution is 7.71. The fourth-order valence-electron chi connectivity index (χ4n) is 2.05. The molecule has 0 radical (unpaired) electrons. The van der Waals surface area contributed by atoms with Crippen molar-refractivity contribution in [2.45, 2.75) is 33.1 Å². The van der Waals surface area contributed by atoms with Gasteiger partial charge in [0.1, 0.15) is 5.69 Å². The Labute approximate surface area is 160 Å². The maximum atomic E-state index is 12.6. The summed E-state index contributed by atoms with van der Waals surface area (Å²) in [5, 5.41) is 11.5. The zero-order valence-corrected chi connectivity index (χ0v) is 16.6. The lowest BCUT2D eigenvalue weighted by Crippen LogP contribution is -2.32. The highest BCUT2D eigenvalue weighted by Crippen LogP contribution is 2.33. The first-order valence-corrected chi connectivity index (χ1v) is 8.70. The lowest BCUT2D eigenvalue weighted by molar-refractivity contribution is 0.340. The zero-order chi connectivity index (χ0) is 18.8. The molecule has 0 saturated carbocycles. The van der Waals surface area contributed by atoms with Gasteiger partial charge >= 0.3 is 0 Å². The summed E-state index contributed by atoms with van der Waals surface area (Å²) in [4.78, 5) is 12.6. The fraction of sp³-hybridized carbons (Fsp3) is 0.375. The van der Waals surface area contributed by atoms with E-state index in [2.05, 4.69) is 15.3 Å². The van der Waals surface area contributed by atoms with Crippen LogP contribution in [-0.2, 0) is 5.41 Å². The summed E-state index contributed by atoms with van der Waals surface area (Å²) in [7, 11) is 0. The van der Waals surface area contributed by atoms with Crippen molar-refractivity contribution in [3.63, 3.8) is 0 Å². The molecule has 0 amide bonds. The van der Waals surface area contributed by atoms with Gasteiger partial charge in [-0.25, -0.2) is 0 Å². The summed E-state index contributed by atoms with van der Waals surface area (Å²) in [5.41, 5.74) is 0.116. The number of nitrogens with zero attached hydrogens (tertiary/aromatic N) is 3. The van der Waals surface area contributed by atoms with Crippen LogP contribution in [0.4, 0.5) is 0 Å². The number of benzene rings is 1. The summed E-state index contributed by atoms with van der Waals surface area (Å²) in [6.07, 6.45) is 1.45. The molecule has 1 N–H and O–H groups in total. The smallest absolute Gasteiger partial charge is 0.297 e. The van der Waals surface area contributed by atoms with Gasteiger partial charge in [-0.3, -0.25) is 9.89 Å². The number of rotatable bonds is 4. The van der Waals surface area contributed by atoms with Crippen molar-refractivity contribution < 1.29 is 4.74 Å². The fourth-order valence-corrected chi connectivity index (χ4v) is 2.83. The van der Waals surface area contributed by atoms with Gasteiger partial charge in [0.05, 0.1) is 22.9 Å². The van der Waals surface area contributed by atoms with E-state index in [1.54, 1.807) is 12.1 Å². The number of ether oxygens (including phenoxy) is 1. The van der Waals surface area contributed by atoms with Gasteiger partial charge in [0.15, 0.2) is 5.75 Å². The molecule has 134 valence electrons. The van der Waals surface area contributed by atoms with Gasteiger partial charge in [-0.05, 0) is 36.8 Å². The highest BCUT2D eigenvalue weighted by atomic mass is 35.5. The van der Waals surface area contributed by atoms with Crippen molar-refractivity contribution in [2.24, 2.45) is 5.10 Å². The van der Waals surface area contributed by atoms with Gasteiger partial charge in [-0.15, -0.1) is 0 Å². The third-order valence-corrected chi connectivity index (χ3v) is 4.02. The first-order valence-electron chi connectivity index (χ1n) is 7.53. The number of nitrogens with one attached hydrogen (secondary N) is 1. The van der Waals surface area contributed by atoms with E-state index in [4.69, 9.17) is 40.2 Å². The summed E-state index contributed by atoms with van der Waals surface area (Å²) in [6.45, 7) is 7.94. The first kappa shape index (κ1) is 19.6. The number of halogens is 2. The van der Waals surface area contributed by atoms with E-state index in [1.807, 2.05) is 27.7 Å². The molecule has 0 saturated heterocycles. The second-order valence-electron chi connectivity index (χ2n) is 6.24. The molecule has 2 rings (SSSR count). The average molecular weight is 401 g/mol. The molecule has 0 aliphatic carbocycles. The van der Waals surface area contributed by atoms with Crippen molar-refractivity contribution in [2.75, 3.05) is 6.61 Å². The van der Waals surface area contributed by atoms with Crippen LogP contribution >= 0.6 is 35.4 Å². The van der Waals surface area contributed by atoms with E-state index >= 15 is 0 Å². The molecule has 9 heteroatoms. The second kappa shape index (κ2) is 7.68. The van der Waals surface area contributed by atoms with Gasteiger partial charge in [0.25, 0.3) is 5.56 Å². The number of hydrogen-bond donors (Lipinski definition) is 1. The van der Waals surface area contributed by atoms with Crippen molar-refractivity contribution in [1.82, 2.24) is 14.9 Å². The van der Waals surface area contributed by atoms with Crippen molar-refractivity contribution in [3.05, 3.63) is 48.6 Å². The van der Waals surface area contributed by atoms with Gasteiger partial charge in [-0.2, -0.15) is 14.9 Å². The standard InChI is InChI=1S/C16H18Cl2N4O2S/c1-5-24-12-10(17)6-9(7-11(12)18)8-19-22-14(23)13(16(2,3)4)20-21-15(22)25/h6-8H,5H2,1-4H3,(H,21,25)/b19-8-. The molecule has 0 bridgehead atoms. The molecule has 0 unspecified atom stereocenters. The lowest BCUT2D eigenvalue weighted by Gasteiger charge is -2.16. The van der Waals surface area contributed by atoms with E-state index in [1.165, 1.54) is 6.21 Å². The Balaban J connectivity index is 2.47.